The van der Waals surface area contributed by atoms with Crippen LogP contribution in [0.2, 0.25) is 20.2 Å². The highest BCUT2D eigenvalue weighted by Crippen LogP contribution is 2.34. The Bertz CT molecular complexity index is 1170. The molecule has 0 radical (unpaired) electrons. The number of carbonyl (C=O) groups is 2. The minimum atomic E-state index is -0.663. The number of nitrogens with zero attached hydrogens (tertiary/aromatic N) is 1. The summed E-state index contributed by atoms with van der Waals surface area (Å²) in [6, 6.07) is 10.4. The lowest BCUT2D eigenvalue weighted by molar-refractivity contribution is -0.117. The fraction of sp³-hybridized carbons (Fsp3) is 0.304. The number of ketones is 1. The molecule has 1 N–H and O–H groups in total. The van der Waals surface area contributed by atoms with Crippen molar-refractivity contribution in [1.82, 2.24) is 9.88 Å². The lowest BCUT2D eigenvalue weighted by Gasteiger charge is -2.22. The lowest BCUT2D eigenvalue weighted by Crippen LogP contribution is -2.40. The van der Waals surface area contributed by atoms with Gasteiger partial charge < -0.3 is 9.88 Å². The molecule has 1 amide bonds. The first-order chi connectivity index (χ1) is 14.8. The van der Waals surface area contributed by atoms with Gasteiger partial charge in [-0.05, 0) is 48.7 Å². The fourth-order valence-corrected chi connectivity index (χ4v) is 5.08. The van der Waals surface area contributed by atoms with Crippen LogP contribution < -0.4 is 5.32 Å². The quantitative estimate of drug-likeness (QED) is 0.306. The molecular weight excluding hydrogens is 478 g/mol. The summed E-state index contributed by atoms with van der Waals surface area (Å²) in [7, 11) is 0. The second-order valence-corrected chi connectivity index (χ2v) is 9.42. The molecule has 4 rings (SSSR count). The van der Waals surface area contributed by atoms with Gasteiger partial charge in [-0.15, -0.1) is 0 Å². The third kappa shape index (κ3) is 4.73. The van der Waals surface area contributed by atoms with Crippen LogP contribution >= 0.6 is 46.4 Å². The number of amides is 1. The average Bonchev–Trinajstić information content (AvgIpc) is 3.00. The van der Waals surface area contributed by atoms with Crippen molar-refractivity contribution in [2.75, 3.05) is 0 Å². The van der Waals surface area contributed by atoms with Crippen molar-refractivity contribution in [3.05, 3.63) is 67.7 Å². The average molecular weight is 498 g/mol. The standard InChI is InChI=1S/C23H20Cl4N2O2/c24-14-8-9-19-17(10-14)20(21(30)23(31)28-16-4-2-1-3-5-16)22(27)29(19)12-13-6-7-15(25)11-18(13)26/h6-11,16H,1-5,12H2,(H,28,31). The summed E-state index contributed by atoms with van der Waals surface area (Å²) < 4.78 is 1.75. The molecule has 31 heavy (non-hydrogen) atoms. The van der Waals surface area contributed by atoms with Gasteiger partial charge in [0.15, 0.2) is 0 Å². The summed E-state index contributed by atoms with van der Waals surface area (Å²) in [5.74, 6) is -1.30. The van der Waals surface area contributed by atoms with E-state index in [9.17, 15) is 9.59 Å². The summed E-state index contributed by atoms with van der Waals surface area (Å²) in [4.78, 5) is 25.9. The highest BCUT2D eigenvalue weighted by Gasteiger charge is 2.28. The van der Waals surface area contributed by atoms with Gasteiger partial charge in [0.05, 0.1) is 17.6 Å². The van der Waals surface area contributed by atoms with Gasteiger partial charge in [0.25, 0.3) is 11.7 Å². The Morgan fingerprint density at radius 2 is 1.61 bits per heavy atom. The lowest BCUT2D eigenvalue weighted by atomic mass is 9.95. The van der Waals surface area contributed by atoms with E-state index in [1.165, 1.54) is 0 Å². The number of rotatable bonds is 5. The van der Waals surface area contributed by atoms with E-state index in [1.54, 1.807) is 41.0 Å². The summed E-state index contributed by atoms with van der Waals surface area (Å²) >= 11 is 25.2. The Hall–Kier alpha value is -1.72. The molecule has 162 valence electrons. The molecule has 1 fully saturated rings. The van der Waals surface area contributed by atoms with Gasteiger partial charge in [-0.3, -0.25) is 9.59 Å². The van der Waals surface area contributed by atoms with Gasteiger partial charge in [0.1, 0.15) is 5.15 Å². The van der Waals surface area contributed by atoms with Crippen molar-refractivity contribution in [2.24, 2.45) is 0 Å². The Morgan fingerprint density at radius 3 is 2.32 bits per heavy atom. The maximum atomic E-state index is 13.1. The van der Waals surface area contributed by atoms with Crippen LogP contribution in [0.4, 0.5) is 0 Å². The van der Waals surface area contributed by atoms with Crippen LogP contribution in [0.3, 0.4) is 0 Å². The van der Waals surface area contributed by atoms with Gasteiger partial charge in [-0.25, -0.2) is 0 Å². The number of carbonyl (C=O) groups excluding carboxylic acids is 2. The zero-order chi connectivity index (χ0) is 22.1. The number of fused-ring (bicyclic) bond motifs is 1. The minimum absolute atomic E-state index is 0.0220. The largest absolute Gasteiger partial charge is 0.346 e. The topological polar surface area (TPSA) is 51.1 Å². The van der Waals surface area contributed by atoms with Gasteiger partial charge in [0, 0.05) is 26.5 Å². The molecule has 1 aliphatic carbocycles. The first-order valence-corrected chi connectivity index (χ1v) is 11.6. The predicted molar refractivity (Wildman–Crippen MR) is 127 cm³/mol. The molecule has 0 bridgehead atoms. The van der Waals surface area contributed by atoms with Crippen LogP contribution in [0.15, 0.2) is 36.4 Å². The molecular formula is C23H20Cl4N2O2. The van der Waals surface area contributed by atoms with E-state index in [4.69, 9.17) is 46.4 Å². The molecule has 0 aliphatic heterocycles. The van der Waals surface area contributed by atoms with E-state index < -0.39 is 11.7 Å². The summed E-state index contributed by atoms with van der Waals surface area (Å²) in [5, 5.41) is 5.05. The second kappa shape index (κ2) is 9.41. The highest BCUT2D eigenvalue weighted by molar-refractivity contribution is 6.49. The van der Waals surface area contributed by atoms with Gasteiger partial charge in [-0.2, -0.15) is 0 Å². The highest BCUT2D eigenvalue weighted by atomic mass is 35.5. The molecule has 1 aromatic heterocycles. The van der Waals surface area contributed by atoms with Crippen molar-refractivity contribution in [1.29, 1.82) is 0 Å². The molecule has 3 aromatic rings. The van der Waals surface area contributed by atoms with Crippen molar-refractivity contribution >= 4 is 69.0 Å². The van der Waals surface area contributed by atoms with E-state index in [-0.39, 0.29) is 16.8 Å². The normalized spacial score (nSPS) is 14.7. The Morgan fingerprint density at radius 1 is 0.935 bits per heavy atom. The van der Waals surface area contributed by atoms with Crippen molar-refractivity contribution in [3.8, 4) is 0 Å². The Labute approximate surface area is 200 Å². The van der Waals surface area contributed by atoms with Gasteiger partial charge in [0.2, 0.25) is 0 Å². The maximum Gasteiger partial charge on any atom is 0.292 e. The van der Waals surface area contributed by atoms with Crippen LogP contribution in [0, 0.1) is 0 Å². The summed E-state index contributed by atoms with van der Waals surface area (Å²) in [5.41, 5.74) is 1.62. The molecule has 0 saturated heterocycles. The van der Waals surface area contributed by atoms with Gasteiger partial charge >= 0.3 is 0 Å². The van der Waals surface area contributed by atoms with Crippen molar-refractivity contribution < 1.29 is 9.59 Å². The molecule has 4 nitrogen and oxygen atoms in total. The van der Waals surface area contributed by atoms with E-state index in [0.717, 1.165) is 37.7 Å². The molecule has 1 aliphatic rings. The number of Topliss-reactive ketones (excluding diaryl/α,β-unsaturated/α-hetero) is 1. The van der Waals surface area contributed by atoms with Crippen LogP contribution in [0.25, 0.3) is 10.9 Å². The number of benzene rings is 2. The number of nitrogens with one attached hydrogen (secondary N) is 1. The number of hydrogen-bond acceptors (Lipinski definition) is 2. The van der Waals surface area contributed by atoms with E-state index >= 15 is 0 Å². The summed E-state index contributed by atoms with van der Waals surface area (Å²) in [6.07, 6.45) is 5.03. The molecule has 0 unspecified atom stereocenters. The fourth-order valence-electron chi connectivity index (χ4n) is 4.10. The predicted octanol–water partition coefficient (Wildman–Crippen LogP) is 6.93. The Kier molecular flexibility index (Phi) is 6.83. The Balaban J connectivity index is 1.73. The minimum Gasteiger partial charge on any atom is -0.346 e. The van der Waals surface area contributed by atoms with Crippen molar-refractivity contribution in [2.45, 2.75) is 44.7 Å². The number of aromatic nitrogens is 1. The van der Waals surface area contributed by atoms with Crippen molar-refractivity contribution in [3.63, 3.8) is 0 Å². The first kappa shape index (κ1) is 22.5. The zero-order valence-electron chi connectivity index (χ0n) is 16.6. The van der Waals surface area contributed by atoms with Crippen LogP contribution in [0.1, 0.15) is 48.0 Å². The third-order valence-electron chi connectivity index (χ3n) is 5.68. The molecule has 8 heteroatoms. The zero-order valence-corrected chi connectivity index (χ0v) is 19.6. The smallest absolute Gasteiger partial charge is 0.292 e. The van der Waals surface area contributed by atoms with Gasteiger partial charge in [-0.1, -0.05) is 71.7 Å². The molecule has 0 atom stereocenters. The van der Waals surface area contributed by atoms with Crippen LogP contribution in [-0.4, -0.2) is 22.3 Å². The molecule has 0 spiro atoms. The molecule has 1 saturated carbocycles. The van der Waals surface area contributed by atoms with E-state index in [1.807, 2.05) is 0 Å². The molecule has 1 heterocycles. The SMILES string of the molecule is O=C(NC1CCCCC1)C(=O)c1c(Cl)n(Cc2ccc(Cl)cc2Cl)c2ccc(Cl)cc12. The monoisotopic (exact) mass is 496 g/mol. The first-order valence-electron chi connectivity index (χ1n) is 10.1. The van der Waals surface area contributed by atoms with E-state index in [0.29, 0.717) is 32.5 Å². The summed E-state index contributed by atoms with van der Waals surface area (Å²) in [6.45, 7) is 0.310. The van der Waals surface area contributed by atoms with Crippen LogP contribution in [-0.2, 0) is 11.3 Å². The maximum absolute atomic E-state index is 13.1. The number of hydrogen-bond donors (Lipinski definition) is 1. The molecule has 2 aromatic carbocycles. The second-order valence-electron chi connectivity index (χ2n) is 7.79. The van der Waals surface area contributed by atoms with E-state index in [2.05, 4.69) is 5.32 Å². The number of halogens is 4. The third-order valence-corrected chi connectivity index (χ3v) is 6.89. The van der Waals surface area contributed by atoms with Crippen LogP contribution in [0.5, 0.6) is 0 Å².